The highest BCUT2D eigenvalue weighted by molar-refractivity contribution is 5.94. The van der Waals surface area contributed by atoms with Gasteiger partial charge in [-0.25, -0.2) is 23.7 Å². The zero-order chi connectivity index (χ0) is 19.4. The number of carbonyl (C=O) groups is 1. The summed E-state index contributed by atoms with van der Waals surface area (Å²) in [5, 5.41) is 5.70. The normalized spacial score (nSPS) is 10.7. The molecule has 0 atom stereocenters. The van der Waals surface area contributed by atoms with Crippen LogP contribution in [0.2, 0.25) is 0 Å². The van der Waals surface area contributed by atoms with Crippen molar-refractivity contribution in [1.29, 1.82) is 0 Å². The minimum atomic E-state index is -1.06. The van der Waals surface area contributed by atoms with E-state index in [2.05, 4.69) is 25.6 Å². The number of hydrogen-bond donors (Lipinski definition) is 2. The average Bonchev–Trinajstić information content (AvgIpc) is 3.00. The number of carbonyl (C=O) groups excluding carboxylic acids is 1. The summed E-state index contributed by atoms with van der Waals surface area (Å²) in [6, 6.07) is 4.79. The molecule has 3 rings (SSSR count). The van der Waals surface area contributed by atoms with Gasteiger partial charge in [0.05, 0.1) is 5.69 Å². The highest BCUT2D eigenvalue weighted by atomic mass is 19.2. The summed E-state index contributed by atoms with van der Waals surface area (Å²) in [7, 11) is 0. The van der Waals surface area contributed by atoms with Crippen LogP contribution in [-0.2, 0) is 0 Å². The third-order valence-electron chi connectivity index (χ3n) is 4.05. The number of imidazole rings is 1. The van der Waals surface area contributed by atoms with Crippen molar-refractivity contribution in [3.63, 3.8) is 0 Å². The number of aryl methyl sites for hydroxylation is 1. The van der Waals surface area contributed by atoms with Gasteiger partial charge in [-0.1, -0.05) is 0 Å². The molecule has 3 aromatic rings. The molecule has 7 nitrogen and oxygen atoms in total. The number of benzene rings is 1. The van der Waals surface area contributed by atoms with Crippen molar-refractivity contribution < 1.29 is 13.6 Å². The van der Waals surface area contributed by atoms with E-state index in [4.69, 9.17) is 0 Å². The molecule has 0 radical (unpaired) electrons. The number of hydrogen-bond acceptors (Lipinski definition) is 5. The maximum absolute atomic E-state index is 13.2. The first kappa shape index (κ1) is 18.4. The van der Waals surface area contributed by atoms with Crippen molar-refractivity contribution in [2.24, 2.45) is 0 Å². The minimum Gasteiger partial charge on any atom is -0.368 e. The molecule has 0 saturated carbocycles. The molecule has 9 heteroatoms. The zero-order valence-electron chi connectivity index (χ0n) is 14.8. The fraction of sp³-hybridized carbons (Fsp3) is 0.222. The molecular formula is C18H18F2N6O. The number of aromatic nitrogens is 4. The van der Waals surface area contributed by atoms with Gasteiger partial charge >= 0.3 is 0 Å². The Morgan fingerprint density at radius 1 is 1.07 bits per heavy atom. The van der Waals surface area contributed by atoms with Crippen molar-refractivity contribution in [2.75, 3.05) is 18.4 Å². The third-order valence-corrected chi connectivity index (χ3v) is 4.05. The van der Waals surface area contributed by atoms with E-state index in [1.54, 1.807) is 12.4 Å². The second-order valence-corrected chi connectivity index (χ2v) is 5.86. The molecule has 27 heavy (non-hydrogen) atoms. The van der Waals surface area contributed by atoms with Crippen molar-refractivity contribution in [2.45, 2.75) is 13.8 Å². The largest absolute Gasteiger partial charge is 0.368 e. The van der Waals surface area contributed by atoms with Crippen LogP contribution in [0.1, 0.15) is 21.7 Å². The Kier molecular flexibility index (Phi) is 5.39. The molecule has 1 amide bonds. The molecule has 2 aromatic heterocycles. The van der Waals surface area contributed by atoms with E-state index >= 15 is 0 Å². The van der Waals surface area contributed by atoms with Crippen LogP contribution in [0, 0.1) is 25.5 Å². The molecule has 0 spiro atoms. The topological polar surface area (TPSA) is 84.7 Å². The van der Waals surface area contributed by atoms with Gasteiger partial charge in [0.1, 0.15) is 24.3 Å². The van der Waals surface area contributed by atoms with E-state index in [9.17, 15) is 13.6 Å². The monoisotopic (exact) mass is 372 g/mol. The van der Waals surface area contributed by atoms with Gasteiger partial charge in [0, 0.05) is 30.4 Å². The Labute approximate surface area is 154 Å². The molecule has 0 aliphatic heterocycles. The van der Waals surface area contributed by atoms with Gasteiger partial charge < -0.3 is 10.6 Å². The molecule has 0 saturated heterocycles. The van der Waals surface area contributed by atoms with Gasteiger partial charge in [0.25, 0.3) is 5.91 Å². The molecule has 0 aliphatic rings. The second-order valence-electron chi connectivity index (χ2n) is 5.86. The second kappa shape index (κ2) is 7.90. The number of anilines is 1. The number of amides is 1. The fourth-order valence-corrected chi connectivity index (χ4v) is 2.41. The quantitative estimate of drug-likeness (QED) is 0.649. The molecular weight excluding hydrogens is 354 g/mol. The van der Waals surface area contributed by atoms with E-state index in [-0.39, 0.29) is 12.1 Å². The Bertz CT molecular complexity index is 972. The Morgan fingerprint density at radius 3 is 2.59 bits per heavy atom. The van der Waals surface area contributed by atoms with Gasteiger partial charge in [0.2, 0.25) is 0 Å². The standard InChI is InChI=1S/C18H18F2N6O/c1-11-12(2)26(10-25-11)17-8-16(23-9-24-17)21-5-6-22-18(27)13-3-4-14(19)15(20)7-13/h3-4,7-10H,5-6H2,1-2H3,(H,22,27)(H,21,23,24). The highest BCUT2D eigenvalue weighted by Gasteiger charge is 2.09. The maximum atomic E-state index is 13.2. The summed E-state index contributed by atoms with van der Waals surface area (Å²) in [6.07, 6.45) is 3.13. The predicted molar refractivity (Wildman–Crippen MR) is 95.8 cm³/mol. The van der Waals surface area contributed by atoms with Crippen LogP contribution in [0.25, 0.3) is 5.82 Å². The van der Waals surface area contributed by atoms with Crippen molar-refractivity contribution in [1.82, 2.24) is 24.8 Å². The van der Waals surface area contributed by atoms with Crippen LogP contribution >= 0.6 is 0 Å². The van der Waals surface area contributed by atoms with E-state index in [0.29, 0.717) is 18.2 Å². The first-order valence-electron chi connectivity index (χ1n) is 8.26. The van der Waals surface area contributed by atoms with Crippen molar-refractivity contribution in [3.8, 4) is 5.82 Å². The van der Waals surface area contributed by atoms with Crippen LogP contribution in [0.4, 0.5) is 14.6 Å². The van der Waals surface area contributed by atoms with Crippen LogP contribution < -0.4 is 10.6 Å². The minimum absolute atomic E-state index is 0.0594. The lowest BCUT2D eigenvalue weighted by Crippen LogP contribution is -2.29. The molecule has 0 bridgehead atoms. The fourth-order valence-electron chi connectivity index (χ4n) is 2.41. The van der Waals surface area contributed by atoms with Crippen molar-refractivity contribution >= 4 is 11.7 Å². The van der Waals surface area contributed by atoms with E-state index in [0.717, 1.165) is 23.5 Å². The van der Waals surface area contributed by atoms with E-state index < -0.39 is 17.5 Å². The van der Waals surface area contributed by atoms with Crippen LogP contribution in [0.15, 0.2) is 36.9 Å². The molecule has 0 aliphatic carbocycles. The lowest BCUT2D eigenvalue weighted by molar-refractivity contribution is 0.0954. The lowest BCUT2D eigenvalue weighted by atomic mass is 10.2. The number of rotatable bonds is 6. The highest BCUT2D eigenvalue weighted by Crippen LogP contribution is 2.13. The Morgan fingerprint density at radius 2 is 1.89 bits per heavy atom. The number of nitrogens with one attached hydrogen (secondary N) is 2. The summed E-state index contributed by atoms with van der Waals surface area (Å²) in [6.45, 7) is 4.54. The molecule has 140 valence electrons. The lowest BCUT2D eigenvalue weighted by Gasteiger charge is -2.09. The van der Waals surface area contributed by atoms with Crippen LogP contribution in [0.5, 0.6) is 0 Å². The van der Waals surface area contributed by atoms with Gasteiger partial charge in [-0.2, -0.15) is 0 Å². The average molecular weight is 372 g/mol. The van der Waals surface area contributed by atoms with Gasteiger partial charge in [-0.05, 0) is 32.0 Å². The summed E-state index contributed by atoms with van der Waals surface area (Å²) < 4.78 is 27.9. The Balaban J connectivity index is 1.55. The number of halogens is 2. The van der Waals surface area contributed by atoms with Gasteiger partial charge in [-0.15, -0.1) is 0 Å². The predicted octanol–water partition coefficient (Wildman–Crippen LogP) is 2.40. The van der Waals surface area contributed by atoms with Gasteiger partial charge in [0.15, 0.2) is 11.6 Å². The molecule has 0 unspecified atom stereocenters. The van der Waals surface area contributed by atoms with E-state index in [1.807, 2.05) is 18.4 Å². The SMILES string of the molecule is Cc1ncn(-c2cc(NCCNC(=O)c3ccc(F)c(F)c3)ncn2)c1C. The first-order valence-corrected chi connectivity index (χ1v) is 8.26. The molecule has 2 heterocycles. The summed E-state index contributed by atoms with van der Waals surface area (Å²) in [4.78, 5) is 24.5. The smallest absolute Gasteiger partial charge is 0.251 e. The third kappa shape index (κ3) is 4.25. The molecule has 1 aromatic carbocycles. The maximum Gasteiger partial charge on any atom is 0.251 e. The molecule has 2 N–H and O–H groups in total. The van der Waals surface area contributed by atoms with Crippen LogP contribution in [0.3, 0.4) is 0 Å². The van der Waals surface area contributed by atoms with Gasteiger partial charge in [-0.3, -0.25) is 9.36 Å². The van der Waals surface area contributed by atoms with E-state index in [1.165, 1.54) is 12.4 Å². The Hall–Kier alpha value is -3.36. The van der Waals surface area contributed by atoms with Crippen LogP contribution in [-0.4, -0.2) is 38.5 Å². The summed E-state index contributed by atoms with van der Waals surface area (Å²) in [5.41, 5.74) is 1.96. The first-order chi connectivity index (χ1) is 13.0. The summed E-state index contributed by atoms with van der Waals surface area (Å²) in [5.74, 6) is -1.26. The molecule has 0 fully saturated rings. The summed E-state index contributed by atoms with van der Waals surface area (Å²) >= 11 is 0. The van der Waals surface area contributed by atoms with Crippen molar-refractivity contribution in [3.05, 3.63) is 65.5 Å². The zero-order valence-corrected chi connectivity index (χ0v) is 14.8. The number of nitrogens with zero attached hydrogens (tertiary/aromatic N) is 4.